The Bertz CT molecular complexity index is 356. The second-order valence-corrected chi connectivity index (χ2v) is 3.75. The molecular formula is C12H13NOS. The van der Waals surface area contributed by atoms with Gasteiger partial charge in [-0.15, -0.1) is 6.42 Å². The average Bonchev–Trinajstić information content (AvgIpc) is 2.27. The Morgan fingerprint density at radius 1 is 1.47 bits per heavy atom. The first-order valence-corrected chi connectivity index (χ1v) is 5.19. The summed E-state index contributed by atoms with van der Waals surface area (Å²) in [6.45, 7) is 0.255. The van der Waals surface area contributed by atoms with Gasteiger partial charge in [0, 0.05) is 0 Å². The van der Waals surface area contributed by atoms with Crippen molar-refractivity contribution in [2.45, 2.75) is 11.7 Å². The molecule has 1 aromatic rings. The number of carbonyl (C=O) groups is 1. The number of thiol groups is 1. The molecular weight excluding hydrogens is 206 g/mol. The quantitative estimate of drug-likeness (QED) is 0.579. The molecule has 0 heterocycles. The van der Waals surface area contributed by atoms with Gasteiger partial charge in [-0.3, -0.25) is 4.79 Å². The van der Waals surface area contributed by atoms with Gasteiger partial charge in [0.25, 0.3) is 0 Å². The third kappa shape index (κ3) is 4.09. The average molecular weight is 219 g/mol. The van der Waals surface area contributed by atoms with E-state index in [1.807, 2.05) is 30.3 Å². The molecule has 0 aliphatic rings. The number of rotatable bonds is 4. The largest absolute Gasteiger partial charge is 0.344 e. The molecule has 1 amide bonds. The van der Waals surface area contributed by atoms with Crippen LogP contribution in [0.1, 0.15) is 5.56 Å². The van der Waals surface area contributed by atoms with Crippen molar-refractivity contribution in [1.29, 1.82) is 0 Å². The van der Waals surface area contributed by atoms with E-state index in [1.54, 1.807) is 0 Å². The summed E-state index contributed by atoms with van der Waals surface area (Å²) in [4.78, 5) is 11.4. The topological polar surface area (TPSA) is 29.1 Å². The molecule has 0 aliphatic carbocycles. The van der Waals surface area contributed by atoms with E-state index >= 15 is 0 Å². The maximum absolute atomic E-state index is 11.4. The summed E-state index contributed by atoms with van der Waals surface area (Å²) in [5.74, 6) is 2.23. The van der Waals surface area contributed by atoms with Crippen LogP contribution >= 0.6 is 12.6 Å². The fraction of sp³-hybridized carbons (Fsp3) is 0.250. The number of hydrogen-bond donors (Lipinski definition) is 2. The Labute approximate surface area is 95.5 Å². The lowest BCUT2D eigenvalue weighted by molar-refractivity contribution is -0.120. The number of hydrogen-bond acceptors (Lipinski definition) is 2. The number of benzene rings is 1. The monoisotopic (exact) mass is 219 g/mol. The summed E-state index contributed by atoms with van der Waals surface area (Å²) >= 11 is 4.23. The summed E-state index contributed by atoms with van der Waals surface area (Å²) < 4.78 is 0. The highest BCUT2D eigenvalue weighted by molar-refractivity contribution is 7.81. The normalized spacial score (nSPS) is 11.5. The van der Waals surface area contributed by atoms with Gasteiger partial charge in [0.05, 0.1) is 11.8 Å². The maximum Gasteiger partial charge on any atom is 0.233 e. The molecule has 0 fully saturated rings. The Morgan fingerprint density at radius 2 is 2.13 bits per heavy atom. The van der Waals surface area contributed by atoms with Crippen molar-refractivity contribution in [3.63, 3.8) is 0 Å². The molecule has 0 aromatic heterocycles. The fourth-order valence-corrected chi connectivity index (χ4v) is 1.49. The van der Waals surface area contributed by atoms with Crippen LogP contribution in [0.15, 0.2) is 30.3 Å². The van der Waals surface area contributed by atoms with Crippen LogP contribution in [0, 0.1) is 12.3 Å². The Hall–Kier alpha value is -1.40. The van der Waals surface area contributed by atoms with Crippen LogP contribution in [0.2, 0.25) is 0 Å². The van der Waals surface area contributed by atoms with Gasteiger partial charge < -0.3 is 5.32 Å². The van der Waals surface area contributed by atoms with Crippen LogP contribution in [-0.2, 0) is 11.2 Å². The highest BCUT2D eigenvalue weighted by atomic mass is 32.1. The van der Waals surface area contributed by atoms with Gasteiger partial charge in [-0.2, -0.15) is 12.6 Å². The number of terminal acetylenes is 1. The molecule has 0 bridgehead atoms. The molecule has 1 N–H and O–H groups in total. The lowest BCUT2D eigenvalue weighted by Crippen LogP contribution is -2.32. The summed E-state index contributed by atoms with van der Waals surface area (Å²) in [7, 11) is 0. The van der Waals surface area contributed by atoms with Crippen LogP contribution in [0.3, 0.4) is 0 Å². The SMILES string of the molecule is C#CCNC(=O)C(S)Cc1ccccc1. The van der Waals surface area contributed by atoms with Crippen molar-refractivity contribution in [3.8, 4) is 12.3 Å². The third-order valence-electron chi connectivity index (χ3n) is 1.94. The summed E-state index contributed by atoms with van der Waals surface area (Å²) in [5, 5.41) is 2.25. The first-order valence-electron chi connectivity index (χ1n) is 4.67. The van der Waals surface area contributed by atoms with Crippen LogP contribution in [0.25, 0.3) is 0 Å². The Kier molecular flexibility index (Phi) is 4.79. The van der Waals surface area contributed by atoms with Gasteiger partial charge in [0.2, 0.25) is 5.91 Å². The number of carbonyl (C=O) groups excluding carboxylic acids is 1. The molecule has 3 heteroatoms. The van der Waals surface area contributed by atoms with E-state index in [0.717, 1.165) is 5.56 Å². The minimum Gasteiger partial charge on any atom is -0.344 e. The van der Waals surface area contributed by atoms with Crippen molar-refractivity contribution in [1.82, 2.24) is 5.32 Å². The zero-order valence-corrected chi connectivity index (χ0v) is 9.21. The highest BCUT2D eigenvalue weighted by Gasteiger charge is 2.12. The predicted molar refractivity (Wildman–Crippen MR) is 64.8 cm³/mol. The van der Waals surface area contributed by atoms with E-state index < -0.39 is 0 Å². The molecule has 0 saturated heterocycles. The van der Waals surface area contributed by atoms with Gasteiger partial charge in [-0.25, -0.2) is 0 Å². The molecule has 2 nitrogen and oxygen atoms in total. The second kappa shape index (κ2) is 6.15. The molecule has 1 aromatic carbocycles. The smallest absolute Gasteiger partial charge is 0.233 e. The van der Waals surface area contributed by atoms with Gasteiger partial charge >= 0.3 is 0 Å². The van der Waals surface area contributed by atoms with Gasteiger partial charge in [0.15, 0.2) is 0 Å². The van der Waals surface area contributed by atoms with Crippen LogP contribution < -0.4 is 5.32 Å². The molecule has 0 aliphatic heterocycles. The summed E-state index contributed by atoms with van der Waals surface area (Å²) in [6, 6.07) is 9.76. The van der Waals surface area contributed by atoms with Crippen LogP contribution in [0.5, 0.6) is 0 Å². The van der Waals surface area contributed by atoms with Gasteiger partial charge in [-0.05, 0) is 12.0 Å². The minimum absolute atomic E-state index is 0.125. The number of amides is 1. The predicted octanol–water partition coefficient (Wildman–Crippen LogP) is 1.28. The molecule has 15 heavy (non-hydrogen) atoms. The lowest BCUT2D eigenvalue weighted by atomic mass is 10.1. The van der Waals surface area contributed by atoms with E-state index in [-0.39, 0.29) is 17.7 Å². The first-order chi connectivity index (χ1) is 7.24. The van der Waals surface area contributed by atoms with Gasteiger partial charge in [0.1, 0.15) is 0 Å². The number of nitrogens with one attached hydrogen (secondary N) is 1. The van der Waals surface area contributed by atoms with Crippen molar-refractivity contribution in [2.24, 2.45) is 0 Å². The van der Waals surface area contributed by atoms with Crippen molar-refractivity contribution in [3.05, 3.63) is 35.9 Å². The molecule has 0 radical (unpaired) electrons. The molecule has 0 spiro atoms. The van der Waals surface area contributed by atoms with Crippen LogP contribution in [0.4, 0.5) is 0 Å². The molecule has 0 saturated carbocycles. The maximum atomic E-state index is 11.4. The van der Waals surface area contributed by atoms with Crippen molar-refractivity contribution in [2.75, 3.05) is 6.54 Å². The van der Waals surface area contributed by atoms with E-state index in [1.165, 1.54) is 0 Å². The zero-order valence-electron chi connectivity index (χ0n) is 8.31. The van der Waals surface area contributed by atoms with Gasteiger partial charge in [-0.1, -0.05) is 36.3 Å². The Balaban J connectivity index is 2.46. The van der Waals surface area contributed by atoms with E-state index in [4.69, 9.17) is 6.42 Å². The lowest BCUT2D eigenvalue weighted by Gasteiger charge is -2.09. The standard InChI is InChI=1S/C12H13NOS/c1-2-8-13-12(14)11(15)9-10-6-4-3-5-7-10/h1,3-7,11,15H,8-9H2,(H,13,14). The highest BCUT2D eigenvalue weighted by Crippen LogP contribution is 2.07. The van der Waals surface area contributed by atoms with E-state index in [2.05, 4.69) is 23.9 Å². The van der Waals surface area contributed by atoms with Crippen molar-refractivity contribution >= 4 is 18.5 Å². The molecule has 1 unspecified atom stereocenters. The first kappa shape index (κ1) is 11.7. The summed E-state index contributed by atoms with van der Waals surface area (Å²) in [6.07, 6.45) is 5.65. The van der Waals surface area contributed by atoms with E-state index in [0.29, 0.717) is 6.42 Å². The molecule has 1 rings (SSSR count). The molecule has 1 atom stereocenters. The third-order valence-corrected chi connectivity index (χ3v) is 2.36. The summed E-state index contributed by atoms with van der Waals surface area (Å²) in [5.41, 5.74) is 1.09. The minimum atomic E-state index is -0.347. The Morgan fingerprint density at radius 3 is 2.73 bits per heavy atom. The second-order valence-electron chi connectivity index (χ2n) is 3.13. The van der Waals surface area contributed by atoms with Crippen molar-refractivity contribution < 1.29 is 4.79 Å². The fourth-order valence-electron chi connectivity index (χ4n) is 1.19. The van der Waals surface area contributed by atoms with Crippen LogP contribution in [-0.4, -0.2) is 17.7 Å². The zero-order chi connectivity index (χ0) is 11.1. The van der Waals surface area contributed by atoms with E-state index in [9.17, 15) is 4.79 Å². The molecule has 78 valence electrons.